The third-order valence-electron chi connectivity index (χ3n) is 4.36. The van der Waals surface area contributed by atoms with E-state index >= 15 is 0 Å². The van der Waals surface area contributed by atoms with Crippen LogP contribution in [0.3, 0.4) is 0 Å². The topological polar surface area (TPSA) is 23.6 Å². The maximum absolute atomic E-state index is 12.4. The molecule has 0 saturated carbocycles. The molecule has 0 aromatic heterocycles. The summed E-state index contributed by atoms with van der Waals surface area (Å²) in [7, 11) is 3.85. The molecule has 128 valence electrons. The molecular formula is C22H24N2O. The van der Waals surface area contributed by atoms with Crippen LogP contribution in [0.2, 0.25) is 0 Å². The second kappa shape index (κ2) is 7.95. The summed E-state index contributed by atoms with van der Waals surface area (Å²) in [5.74, 6) is 0.132. The summed E-state index contributed by atoms with van der Waals surface area (Å²) in [5.41, 5.74) is 2.37. The predicted octanol–water partition coefficient (Wildman–Crippen LogP) is 3.93. The van der Waals surface area contributed by atoms with Gasteiger partial charge in [-0.1, -0.05) is 66.7 Å². The van der Waals surface area contributed by atoms with Gasteiger partial charge in [0.2, 0.25) is 5.91 Å². The van der Waals surface area contributed by atoms with Gasteiger partial charge in [-0.25, -0.2) is 0 Å². The molecule has 0 spiro atoms. The SMILES string of the molecule is CN(CC(=O)N(C)Cc1ccccc1)Cc1ccc2ccccc2c1. The minimum atomic E-state index is 0.132. The summed E-state index contributed by atoms with van der Waals surface area (Å²) in [6.07, 6.45) is 0. The van der Waals surface area contributed by atoms with Crippen molar-refractivity contribution in [1.29, 1.82) is 0 Å². The van der Waals surface area contributed by atoms with Gasteiger partial charge in [-0.2, -0.15) is 0 Å². The number of carbonyl (C=O) groups excluding carboxylic acids is 1. The van der Waals surface area contributed by atoms with Crippen LogP contribution in [-0.2, 0) is 17.9 Å². The molecule has 3 rings (SSSR count). The highest BCUT2D eigenvalue weighted by Crippen LogP contribution is 2.16. The Morgan fingerprint density at radius 2 is 1.44 bits per heavy atom. The van der Waals surface area contributed by atoms with Gasteiger partial charge in [-0.3, -0.25) is 9.69 Å². The van der Waals surface area contributed by atoms with Crippen molar-refractivity contribution in [2.45, 2.75) is 13.1 Å². The summed E-state index contributed by atoms with van der Waals surface area (Å²) >= 11 is 0. The highest BCUT2D eigenvalue weighted by Gasteiger charge is 2.12. The molecule has 25 heavy (non-hydrogen) atoms. The van der Waals surface area contributed by atoms with Gasteiger partial charge in [-0.15, -0.1) is 0 Å². The Hall–Kier alpha value is -2.65. The number of fused-ring (bicyclic) bond motifs is 1. The Balaban J connectivity index is 1.57. The van der Waals surface area contributed by atoms with Crippen molar-refractivity contribution in [3.8, 4) is 0 Å². The number of benzene rings is 3. The van der Waals surface area contributed by atoms with Crippen LogP contribution in [0.1, 0.15) is 11.1 Å². The zero-order valence-corrected chi connectivity index (χ0v) is 14.9. The van der Waals surface area contributed by atoms with E-state index in [1.165, 1.54) is 16.3 Å². The number of hydrogen-bond donors (Lipinski definition) is 0. The largest absolute Gasteiger partial charge is 0.340 e. The zero-order valence-electron chi connectivity index (χ0n) is 14.9. The van der Waals surface area contributed by atoms with Crippen molar-refractivity contribution in [3.05, 3.63) is 83.9 Å². The number of amides is 1. The fraction of sp³-hybridized carbons (Fsp3) is 0.227. The minimum Gasteiger partial charge on any atom is -0.340 e. The Bertz CT molecular complexity index is 845. The maximum Gasteiger partial charge on any atom is 0.236 e. The van der Waals surface area contributed by atoms with Gasteiger partial charge in [0.15, 0.2) is 0 Å². The van der Waals surface area contributed by atoms with Crippen LogP contribution in [0.15, 0.2) is 72.8 Å². The van der Waals surface area contributed by atoms with Gasteiger partial charge in [0.1, 0.15) is 0 Å². The molecule has 0 unspecified atom stereocenters. The molecule has 3 heteroatoms. The molecular weight excluding hydrogens is 308 g/mol. The molecule has 3 aromatic rings. The number of hydrogen-bond acceptors (Lipinski definition) is 2. The summed E-state index contributed by atoms with van der Waals surface area (Å²) in [4.78, 5) is 16.3. The third kappa shape index (κ3) is 4.68. The highest BCUT2D eigenvalue weighted by molar-refractivity contribution is 5.83. The van der Waals surface area contributed by atoms with Crippen molar-refractivity contribution < 1.29 is 4.79 Å². The van der Waals surface area contributed by atoms with E-state index in [1.807, 2.05) is 44.4 Å². The lowest BCUT2D eigenvalue weighted by Crippen LogP contribution is -2.36. The summed E-state index contributed by atoms with van der Waals surface area (Å²) < 4.78 is 0. The molecule has 0 saturated heterocycles. The average Bonchev–Trinajstić information content (AvgIpc) is 2.62. The van der Waals surface area contributed by atoms with E-state index in [0.717, 1.165) is 12.1 Å². The fourth-order valence-electron chi connectivity index (χ4n) is 3.00. The van der Waals surface area contributed by atoms with Crippen molar-refractivity contribution >= 4 is 16.7 Å². The van der Waals surface area contributed by atoms with E-state index in [-0.39, 0.29) is 5.91 Å². The van der Waals surface area contributed by atoms with E-state index in [9.17, 15) is 4.79 Å². The fourth-order valence-corrected chi connectivity index (χ4v) is 3.00. The molecule has 1 amide bonds. The third-order valence-corrected chi connectivity index (χ3v) is 4.36. The van der Waals surface area contributed by atoms with Crippen molar-refractivity contribution in [2.24, 2.45) is 0 Å². The van der Waals surface area contributed by atoms with Gasteiger partial charge in [0.25, 0.3) is 0 Å². The van der Waals surface area contributed by atoms with Gasteiger partial charge >= 0.3 is 0 Å². The van der Waals surface area contributed by atoms with Crippen LogP contribution < -0.4 is 0 Å². The predicted molar refractivity (Wildman–Crippen MR) is 103 cm³/mol. The zero-order chi connectivity index (χ0) is 17.6. The van der Waals surface area contributed by atoms with Crippen LogP contribution in [0, 0.1) is 0 Å². The molecule has 0 atom stereocenters. The first kappa shape index (κ1) is 17.2. The second-order valence-electron chi connectivity index (χ2n) is 6.59. The molecule has 0 radical (unpaired) electrons. The number of nitrogens with zero attached hydrogens (tertiary/aromatic N) is 2. The summed E-state index contributed by atoms with van der Waals surface area (Å²) in [5, 5.41) is 2.48. The molecule has 0 N–H and O–H groups in total. The first-order valence-corrected chi connectivity index (χ1v) is 8.56. The Morgan fingerprint density at radius 3 is 2.20 bits per heavy atom. The van der Waals surface area contributed by atoms with Gasteiger partial charge < -0.3 is 4.90 Å². The van der Waals surface area contributed by atoms with Gasteiger partial charge in [0, 0.05) is 20.1 Å². The number of rotatable bonds is 6. The standard InChI is InChI=1S/C22H24N2O/c1-23(15-19-12-13-20-10-6-7-11-21(20)14-19)17-22(25)24(2)16-18-8-4-3-5-9-18/h3-14H,15-17H2,1-2H3. The molecule has 0 fully saturated rings. The van der Waals surface area contributed by atoms with E-state index in [0.29, 0.717) is 13.1 Å². The van der Waals surface area contributed by atoms with Crippen molar-refractivity contribution in [3.63, 3.8) is 0 Å². The van der Waals surface area contributed by atoms with Crippen LogP contribution in [0.4, 0.5) is 0 Å². The van der Waals surface area contributed by atoms with Gasteiger partial charge in [0.05, 0.1) is 6.54 Å². The Labute approximate surface area is 149 Å². The van der Waals surface area contributed by atoms with Crippen molar-refractivity contribution in [1.82, 2.24) is 9.80 Å². The Morgan fingerprint density at radius 1 is 0.760 bits per heavy atom. The lowest BCUT2D eigenvalue weighted by Gasteiger charge is -2.22. The normalized spacial score (nSPS) is 11.0. The smallest absolute Gasteiger partial charge is 0.236 e. The van der Waals surface area contributed by atoms with Crippen LogP contribution in [0.25, 0.3) is 10.8 Å². The van der Waals surface area contributed by atoms with Crippen molar-refractivity contribution in [2.75, 3.05) is 20.6 Å². The second-order valence-corrected chi connectivity index (χ2v) is 6.59. The average molecular weight is 332 g/mol. The molecule has 3 nitrogen and oxygen atoms in total. The highest BCUT2D eigenvalue weighted by atomic mass is 16.2. The minimum absolute atomic E-state index is 0.132. The van der Waals surface area contributed by atoms with E-state index in [1.54, 1.807) is 4.90 Å². The quantitative estimate of drug-likeness (QED) is 0.683. The van der Waals surface area contributed by atoms with Gasteiger partial charge in [-0.05, 0) is 35.0 Å². The molecule has 3 aromatic carbocycles. The van der Waals surface area contributed by atoms with E-state index < -0.39 is 0 Å². The molecule has 0 aliphatic carbocycles. The molecule has 0 bridgehead atoms. The molecule has 0 aliphatic heterocycles. The summed E-state index contributed by atoms with van der Waals surface area (Å²) in [6.45, 7) is 1.81. The first-order chi connectivity index (χ1) is 12.1. The lowest BCUT2D eigenvalue weighted by atomic mass is 10.1. The maximum atomic E-state index is 12.4. The monoisotopic (exact) mass is 332 g/mol. The number of likely N-dealkylation sites (N-methyl/N-ethyl adjacent to an activating group) is 2. The van der Waals surface area contributed by atoms with E-state index in [4.69, 9.17) is 0 Å². The lowest BCUT2D eigenvalue weighted by molar-refractivity contribution is -0.131. The number of carbonyl (C=O) groups is 1. The molecule has 0 aliphatic rings. The van der Waals surface area contributed by atoms with Crippen LogP contribution in [0.5, 0.6) is 0 Å². The van der Waals surface area contributed by atoms with Crippen LogP contribution in [-0.4, -0.2) is 36.3 Å². The first-order valence-electron chi connectivity index (χ1n) is 8.56. The Kier molecular flexibility index (Phi) is 5.46. The summed E-state index contributed by atoms with van der Waals surface area (Å²) in [6, 6.07) is 24.9. The van der Waals surface area contributed by atoms with E-state index in [2.05, 4.69) is 47.4 Å². The molecule has 0 heterocycles. The van der Waals surface area contributed by atoms with Crippen LogP contribution >= 0.6 is 0 Å².